The second-order valence-electron chi connectivity index (χ2n) is 4.43. The Labute approximate surface area is 125 Å². The number of nitrogens with one attached hydrogen (secondary N) is 1. The number of benzene rings is 1. The zero-order valence-electron chi connectivity index (χ0n) is 12.2. The molecule has 1 aromatic carbocycles. The van der Waals surface area contributed by atoms with Crippen molar-refractivity contribution in [2.75, 3.05) is 26.5 Å². The number of amides is 1. The van der Waals surface area contributed by atoms with E-state index in [4.69, 9.17) is 4.74 Å². The molecule has 6 nitrogen and oxygen atoms in total. The molecular weight excluding hydrogens is 292 g/mol. The molecule has 0 heterocycles. The van der Waals surface area contributed by atoms with Crippen molar-refractivity contribution >= 4 is 15.9 Å². The number of carbonyl (C=O) groups excluding carboxylic acids is 1. The molecule has 0 spiro atoms. The van der Waals surface area contributed by atoms with Crippen molar-refractivity contribution in [3.05, 3.63) is 42.5 Å². The van der Waals surface area contributed by atoms with Crippen LogP contribution in [0.25, 0.3) is 0 Å². The zero-order chi connectivity index (χ0) is 15.9. The quantitative estimate of drug-likeness (QED) is 0.719. The van der Waals surface area contributed by atoms with Crippen molar-refractivity contribution in [3.8, 4) is 5.75 Å². The van der Waals surface area contributed by atoms with Gasteiger partial charge in [0.05, 0.1) is 19.9 Å². The third kappa shape index (κ3) is 5.57. The molecule has 0 aliphatic rings. The number of hydrogen-bond donors (Lipinski definition) is 1. The Hall–Kier alpha value is -1.86. The summed E-state index contributed by atoms with van der Waals surface area (Å²) in [5.41, 5.74) is 0.822. The Morgan fingerprint density at radius 1 is 1.43 bits per heavy atom. The third-order valence-electron chi connectivity index (χ3n) is 2.79. The molecule has 116 valence electrons. The summed E-state index contributed by atoms with van der Waals surface area (Å²) >= 11 is 0. The Morgan fingerprint density at radius 3 is 2.67 bits per heavy atom. The van der Waals surface area contributed by atoms with Crippen molar-refractivity contribution in [1.82, 2.24) is 9.62 Å². The number of sulfonamides is 1. The van der Waals surface area contributed by atoms with E-state index >= 15 is 0 Å². The van der Waals surface area contributed by atoms with E-state index in [2.05, 4.69) is 11.9 Å². The van der Waals surface area contributed by atoms with Gasteiger partial charge in [0, 0.05) is 18.7 Å². The molecule has 21 heavy (non-hydrogen) atoms. The van der Waals surface area contributed by atoms with E-state index < -0.39 is 10.0 Å². The van der Waals surface area contributed by atoms with Gasteiger partial charge in [-0.2, -0.15) is 4.31 Å². The monoisotopic (exact) mass is 312 g/mol. The largest absolute Gasteiger partial charge is 0.496 e. The van der Waals surface area contributed by atoms with Crippen LogP contribution in [0, 0.1) is 0 Å². The van der Waals surface area contributed by atoms with E-state index in [1.165, 1.54) is 6.08 Å². The van der Waals surface area contributed by atoms with Gasteiger partial charge in [0.25, 0.3) is 0 Å². The van der Waals surface area contributed by atoms with Gasteiger partial charge >= 0.3 is 0 Å². The van der Waals surface area contributed by atoms with E-state index in [0.717, 1.165) is 16.1 Å². The minimum absolute atomic E-state index is 0.0981. The van der Waals surface area contributed by atoms with Crippen LogP contribution in [0.15, 0.2) is 36.9 Å². The van der Waals surface area contributed by atoms with Crippen molar-refractivity contribution in [1.29, 1.82) is 0 Å². The van der Waals surface area contributed by atoms with Gasteiger partial charge in [-0.3, -0.25) is 4.79 Å². The average molecular weight is 312 g/mol. The lowest BCUT2D eigenvalue weighted by atomic mass is 10.2. The van der Waals surface area contributed by atoms with Gasteiger partial charge in [0.1, 0.15) is 5.75 Å². The second kappa shape index (κ2) is 7.80. The highest BCUT2D eigenvalue weighted by Crippen LogP contribution is 2.16. The predicted molar refractivity (Wildman–Crippen MR) is 81.5 cm³/mol. The number of methoxy groups -OCH3 is 1. The number of nitrogens with zero attached hydrogens (tertiary/aromatic N) is 1. The van der Waals surface area contributed by atoms with Gasteiger partial charge in [-0.15, -0.1) is 6.58 Å². The Balaban J connectivity index is 2.63. The molecule has 0 atom stereocenters. The van der Waals surface area contributed by atoms with Crippen LogP contribution in [0.1, 0.15) is 5.56 Å². The number of para-hydroxylation sites is 1. The van der Waals surface area contributed by atoms with Crippen molar-refractivity contribution in [2.24, 2.45) is 0 Å². The maximum Gasteiger partial charge on any atom is 0.235 e. The molecular formula is C14H20N2O4S. The minimum atomic E-state index is -3.44. The zero-order valence-corrected chi connectivity index (χ0v) is 13.0. The van der Waals surface area contributed by atoms with Gasteiger partial charge < -0.3 is 10.1 Å². The lowest BCUT2D eigenvalue weighted by Gasteiger charge is -2.17. The number of ether oxygens (including phenoxy) is 1. The maximum atomic E-state index is 11.9. The summed E-state index contributed by atoms with van der Waals surface area (Å²) in [6.07, 6.45) is 2.50. The Kier molecular flexibility index (Phi) is 6.39. The van der Waals surface area contributed by atoms with Crippen LogP contribution in [0.3, 0.4) is 0 Å². The normalized spacial score (nSPS) is 11.2. The molecule has 1 amide bonds. The first-order valence-corrected chi connectivity index (χ1v) is 8.18. The highest BCUT2D eigenvalue weighted by molar-refractivity contribution is 7.88. The average Bonchev–Trinajstić information content (AvgIpc) is 2.44. The topological polar surface area (TPSA) is 75.7 Å². The lowest BCUT2D eigenvalue weighted by Crippen LogP contribution is -2.40. The first-order valence-electron chi connectivity index (χ1n) is 6.33. The Bertz CT molecular complexity index is 599. The fraction of sp³-hybridized carbons (Fsp3) is 0.357. The molecule has 1 aromatic rings. The smallest absolute Gasteiger partial charge is 0.235 e. The third-order valence-corrected chi connectivity index (χ3v) is 4.01. The van der Waals surface area contributed by atoms with Gasteiger partial charge in [-0.1, -0.05) is 24.3 Å². The highest BCUT2D eigenvalue weighted by atomic mass is 32.2. The first-order chi connectivity index (χ1) is 9.88. The van der Waals surface area contributed by atoms with E-state index in [0.29, 0.717) is 5.75 Å². The SMILES string of the molecule is C=CCN(CC(=O)NCc1ccccc1OC)S(C)(=O)=O. The van der Waals surface area contributed by atoms with Crippen LogP contribution in [0.4, 0.5) is 0 Å². The van der Waals surface area contributed by atoms with Gasteiger partial charge in [0.15, 0.2) is 0 Å². The summed E-state index contributed by atoms with van der Waals surface area (Å²) in [4.78, 5) is 11.9. The molecule has 7 heteroatoms. The standard InChI is InChI=1S/C14H20N2O4S/c1-4-9-16(21(3,18)19)11-14(17)15-10-12-7-5-6-8-13(12)20-2/h4-8H,1,9-11H2,2-3H3,(H,15,17). The van der Waals surface area contributed by atoms with Crippen LogP contribution in [-0.4, -0.2) is 45.1 Å². The van der Waals surface area contributed by atoms with E-state index in [-0.39, 0.29) is 25.5 Å². The van der Waals surface area contributed by atoms with Crippen LogP contribution < -0.4 is 10.1 Å². The predicted octanol–water partition coefficient (Wildman–Crippen LogP) is 0.759. The first kappa shape index (κ1) is 17.2. The van der Waals surface area contributed by atoms with Crippen molar-refractivity contribution < 1.29 is 17.9 Å². The van der Waals surface area contributed by atoms with Crippen LogP contribution in [-0.2, 0) is 21.4 Å². The summed E-state index contributed by atoms with van der Waals surface area (Å²) in [5, 5.41) is 2.68. The molecule has 0 saturated carbocycles. The fourth-order valence-corrected chi connectivity index (χ4v) is 2.45. The Morgan fingerprint density at radius 2 is 2.10 bits per heavy atom. The molecule has 0 aliphatic heterocycles. The molecule has 0 bridgehead atoms. The van der Waals surface area contributed by atoms with E-state index in [9.17, 15) is 13.2 Å². The number of carbonyl (C=O) groups is 1. The number of hydrogen-bond acceptors (Lipinski definition) is 4. The molecule has 0 aliphatic carbocycles. The fourth-order valence-electron chi connectivity index (χ4n) is 1.72. The van der Waals surface area contributed by atoms with Crippen LogP contribution >= 0.6 is 0 Å². The molecule has 1 rings (SSSR count). The van der Waals surface area contributed by atoms with Crippen LogP contribution in [0.5, 0.6) is 5.75 Å². The van der Waals surface area contributed by atoms with Gasteiger partial charge in [0.2, 0.25) is 15.9 Å². The summed E-state index contributed by atoms with van der Waals surface area (Å²) in [7, 11) is -1.89. The molecule has 0 radical (unpaired) electrons. The second-order valence-corrected chi connectivity index (χ2v) is 6.42. The summed E-state index contributed by atoms with van der Waals surface area (Å²) in [6, 6.07) is 7.29. The summed E-state index contributed by atoms with van der Waals surface area (Å²) in [5.74, 6) is 0.289. The minimum Gasteiger partial charge on any atom is -0.496 e. The van der Waals surface area contributed by atoms with Crippen molar-refractivity contribution in [2.45, 2.75) is 6.54 Å². The molecule has 0 fully saturated rings. The van der Waals surface area contributed by atoms with E-state index in [1.807, 2.05) is 18.2 Å². The summed E-state index contributed by atoms with van der Waals surface area (Å²) in [6.45, 7) is 3.62. The number of rotatable bonds is 8. The highest BCUT2D eigenvalue weighted by Gasteiger charge is 2.18. The lowest BCUT2D eigenvalue weighted by molar-refractivity contribution is -0.121. The molecule has 0 unspecified atom stereocenters. The molecule has 0 aromatic heterocycles. The van der Waals surface area contributed by atoms with Gasteiger partial charge in [-0.05, 0) is 6.07 Å². The summed E-state index contributed by atoms with van der Waals surface area (Å²) < 4.78 is 29.3. The van der Waals surface area contributed by atoms with Crippen molar-refractivity contribution in [3.63, 3.8) is 0 Å². The molecule has 1 N–H and O–H groups in total. The van der Waals surface area contributed by atoms with E-state index in [1.54, 1.807) is 13.2 Å². The maximum absolute atomic E-state index is 11.9. The van der Waals surface area contributed by atoms with Gasteiger partial charge in [-0.25, -0.2) is 8.42 Å². The molecule has 0 saturated heterocycles. The van der Waals surface area contributed by atoms with Crippen LogP contribution in [0.2, 0.25) is 0 Å².